The number of hydrogen-bond donors (Lipinski definition) is 0. The van der Waals surface area contributed by atoms with Gasteiger partial charge in [0, 0.05) is 4.83 Å². The third-order valence-electron chi connectivity index (χ3n) is 4.49. The molecule has 0 radical (unpaired) electrons. The van der Waals surface area contributed by atoms with Crippen LogP contribution in [0.4, 0.5) is 4.39 Å². The van der Waals surface area contributed by atoms with Gasteiger partial charge in [-0.2, -0.15) is 0 Å². The van der Waals surface area contributed by atoms with Gasteiger partial charge in [-0.1, -0.05) is 41.8 Å². The second-order valence-electron chi connectivity index (χ2n) is 6.02. The van der Waals surface area contributed by atoms with Crippen molar-refractivity contribution in [2.75, 3.05) is 0 Å². The van der Waals surface area contributed by atoms with Crippen LogP contribution in [0.3, 0.4) is 0 Å². The van der Waals surface area contributed by atoms with Crippen molar-refractivity contribution >= 4 is 15.9 Å². The smallest absolute Gasteiger partial charge is 0.123 e. The lowest BCUT2D eigenvalue weighted by molar-refractivity contribution is 0.263. The predicted molar refractivity (Wildman–Crippen MR) is 83.3 cm³/mol. The van der Waals surface area contributed by atoms with Gasteiger partial charge >= 0.3 is 0 Å². The van der Waals surface area contributed by atoms with E-state index in [4.69, 9.17) is 0 Å². The maximum Gasteiger partial charge on any atom is 0.123 e. The number of benzene rings is 1. The summed E-state index contributed by atoms with van der Waals surface area (Å²) in [6, 6.07) is 5.18. The molecule has 1 aliphatic carbocycles. The first-order valence-electron chi connectivity index (χ1n) is 7.49. The van der Waals surface area contributed by atoms with Crippen LogP contribution in [-0.4, -0.2) is 4.83 Å². The highest BCUT2D eigenvalue weighted by atomic mass is 79.9. The van der Waals surface area contributed by atoms with E-state index in [0.717, 1.165) is 12.3 Å². The molecule has 0 N–H and O–H groups in total. The van der Waals surface area contributed by atoms with Crippen molar-refractivity contribution < 1.29 is 4.39 Å². The van der Waals surface area contributed by atoms with Crippen LogP contribution in [0.1, 0.15) is 50.2 Å². The molecule has 1 aliphatic rings. The van der Waals surface area contributed by atoms with Crippen molar-refractivity contribution in [3.05, 3.63) is 35.1 Å². The SMILES string of the molecule is CCCC1CCC(Br)C(Cc2cc(F)ccc2C)C1. The van der Waals surface area contributed by atoms with E-state index in [2.05, 4.69) is 29.8 Å². The van der Waals surface area contributed by atoms with Gasteiger partial charge < -0.3 is 0 Å². The zero-order valence-electron chi connectivity index (χ0n) is 12.0. The van der Waals surface area contributed by atoms with Crippen LogP contribution >= 0.6 is 15.9 Å². The van der Waals surface area contributed by atoms with E-state index >= 15 is 0 Å². The lowest BCUT2D eigenvalue weighted by Crippen LogP contribution is -2.27. The Morgan fingerprint density at radius 1 is 1.32 bits per heavy atom. The molecule has 19 heavy (non-hydrogen) atoms. The molecule has 3 unspecified atom stereocenters. The summed E-state index contributed by atoms with van der Waals surface area (Å²) < 4.78 is 13.4. The fourth-order valence-electron chi connectivity index (χ4n) is 3.35. The van der Waals surface area contributed by atoms with Crippen molar-refractivity contribution in [1.82, 2.24) is 0 Å². The molecule has 0 bridgehead atoms. The van der Waals surface area contributed by atoms with E-state index in [0.29, 0.717) is 10.7 Å². The van der Waals surface area contributed by atoms with Gasteiger partial charge in [0.2, 0.25) is 0 Å². The van der Waals surface area contributed by atoms with Crippen LogP contribution in [0, 0.1) is 24.6 Å². The number of halogens is 2. The van der Waals surface area contributed by atoms with E-state index in [1.807, 2.05) is 6.07 Å². The minimum Gasteiger partial charge on any atom is -0.207 e. The van der Waals surface area contributed by atoms with Crippen molar-refractivity contribution in [2.45, 2.75) is 57.2 Å². The fraction of sp³-hybridized carbons (Fsp3) is 0.647. The third kappa shape index (κ3) is 4.05. The van der Waals surface area contributed by atoms with Crippen LogP contribution in [0.5, 0.6) is 0 Å². The molecule has 0 amide bonds. The van der Waals surface area contributed by atoms with Crippen molar-refractivity contribution in [3.8, 4) is 0 Å². The second kappa shape index (κ2) is 6.88. The fourth-order valence-corrected chi connectivity index (χ4v) is 4.02. The second-order valence-corrected chi connectivity index (χ2v) is 7.19. The van der Waals surface area contributed by atoms with Crippen LogP contribution in [0.2, 0.25) is 0 Å². The van der Waals surface area contributed by atoms with Gasteiger partial charge in [0.05, 0.1) is 0 Å². The maximum atomic E-state index is 13.4. The summed E-state index contributed by atoms with van der Waals surface area (Å²) in [7, 11) is 0. The molecule has 106 valence electrons. The molecule has 0 aliphatic heterocycles. The van der Waals surface area contributed by atoms with E-state index in [1.54, 1.807) is 12.1 Å². The Kier molecular flexibility index (Phi) is 5.44. The minimum atomic E-state index is -0.104. The van der Waals surface area contributed by atoms with Gasteiger partial charge in [0.25, 0.3) is 0 Å². The largest absolute Gasteiger partial charge is 0.207 e. The Hall–Kier alpha value is -0.370. The molecule has 0 nitrogen and oxygen atoms in total. The number of rotatable bonds is 4. The quantitative estimate of drug-likeness (QED) is 0.626. The van der Waals surface area contributed by atoms with Gasteiger partial charge in [-0.25, -0.2) is 4.39 Å². The van der Waals surface area contributed by atoms with Crippen LogP contribution in [-0.2, 0) is 6.42 Å². The van der Waals surface area contributed by atoms with Gasteiger partial charge in [-0.3, -0.25) is 0 Å². The molecule has 0 spiro atoms. The predicted octanol–water partition coefficient (Wildman–Crippen LogP) is 5.66. The minimum absolute atomic E-state index is 0.104. The highest BCUT2D eigenvalue weighted by molar-refractivity contribution is 9.09. The highest BCUT2D eigenvalue weighted by Crippen LogP contribution is 2.38. The summed E-state index contributed by atoms with van der Waals surface area (Å²) in [6.07, 6.45) is 7.55. The van der Waals surface area contributed by atoms with Gasteiger partial charge in [0.15, 0.2) is 0 Å². The maximum absolute atomic E-state index is 13.4. The lowest BCUT2D eigenvalue weighted by Gasteiger charge is -2.33. The molecule has 3 atom stereocenters. The molecular formula is C17H24BrF. The molecule has 0 heterocycles. The molecule has 1 aromatic rings. The molecule has 1 fully saturated rings. The first-order chi connectivity index (χ1) is 9.10. The average Bonchev–Trinajstić information content (AvgIpc) is 2.38. The third-order valence-corrected chi connectivity index (χ3v) is 5.69. The van der Waals surface area contributed by atoms with Crippen molar-refractivity contribution in [3.63, 3.8) is 0 Å². The summed E-state index contributed by atoms with van der Waals surface area (Å²) >= 11 is 3.84. The highest BCUT2D eigenvalue weighted by Gasteiger charge is 2.28. The Morgan fingerprint density at radius 3 is 2.84 bits per heavy atom. The normalized spacial score (nSPS) is 27.5. The van der Waals surface area contributed by atoms with E-state index < -0.39 is 0 Å². The topological polar surface area (TPSA) is 0 Å². The van der Waals surface area contributed by atoms with Crippen LogP contribution in [0.25, 0.3) is 0 Å². The van der Waals surface area contributed by atoms with Crippen LogP contribution < -0.4 is 0 Å². The monoisotopic (exact) mass is 326 g/mol. The summed E-state index contributed by atoms with van der Waals surface area (Å²) in [6.45, 7) is 4.36. The lowest BCUT2D eigenvalue weighted by atomic mass is 9.76. The van der Waals surface area contributed by atoms with Crippen LogP contribution in [0.15, 0.2) is 18.2 Å². The average molecular weight is 327 g/mol. The van der Waals surface area contributed by atoms with Crippen molar-refractivity contribution in [2.24, 2.45) is 11.8 Å². The Balaban J connectivity index is 2.05. The standard InChI is InChI=1S/C17H24BrF/c1-3-4-13-6-8-17(18)15(9-13)10-14-11-16(19)7-5-12(14)2/h5,7,11,13,15,17H,3-4,6,8-10H2,1-2H3. The summed E-state index contributed by atoms with van der Waals surface area (Å²) in [5, 5.41) is 0. The van der Waals surface area contributed by atoms with Gasteiger partial charge in [-0.05, 0) is 67.7 Å². The molecule has 0 aromatic heterocycles. The first kappa shape index (κ1) is 15.0. The number of hydrogen-bond acceptors (Lipinski definition) is 0. The molecule has 2 rings (SSSR count). The molecule has 1 aromatic carbocycles. The number of aryl methyl sites for hydroxylation is 1. The number of alkyl halides is 1. The summed E-state index contributed by atoms with van der Waals surface area (Å²) in [5.74, 6) is 1.43. The molecule has 2 heteroatoms. The van der Waals surface area contributed by atoms with E-state index in [1.165, 1.54) is 43.2 Å². The first-order valence-corrected chi connectivity index (χ1v) is 8.40. The molecule has 1 saturated carbocycles. The zero-order valence-corrected chi connectivity index (χ0v) is 13.5. The Bertz CT molecular complexity index is 416. The zero-order chi connectivity index (χ0) is 13.8. The summed E-state index contributed by atoms with van der Waals surface area (Å²) in [5.41, 5.74) is 2.41. The van der Waals surface area contributed by atoms with Crippen molar-refractivity contribution in [1.29, 1.82) is 0 Å². The summed E-state index contributed by atoms with van der Waals surface area (Å²) in [4.78, 5) is 0.600. The van der Waals surface area contributed by atoms with Gasteiger partial charge in [-0.15, -0.1) is 0 Å². The molecule has 0 saturated heterocycles. The van der Waals surface area contributed by atoms with E-state index in [9.17, 15) is 4.39 Å². The van der Waals surface area contributed by atoms with Gasteiger partial charge in [0.1, 0.15) is 5.82 Å². The van der Waals surface area contributed by atoms with E-state index in [-0.39, 0.29) is 5.82 Å². The Labute approximate surface area is 124 Å². The Morgan fingerprint density at radius 2 is 2.11 bits per heavy atom. The molecular weight excluding hydrogens is 303 g/mol.